The van der Waals surface area contributed by atoms with Gasteiger partial charge in [-0.1, -0.05) is 6.07 Å². The lowest BCUT2D eigenvalue weighted by molar-refractivity contribution is 0.466. The molecule has 0 amide bonds. The van der Waals surface area contributed by atoms with E-state index < -0.39 is 10.0 Å². The van der Waals surface area contributed by atoms with E-state index in [4.69, 9.17) is 4.42 Å². The van der Waals surface area contributed by atoms with Crippen molar-refractivity contribution < 1.29 is 12.8 Å². The number of halogens is 1. The van der Waals surface area contributed by atoms with E-state index in [9.17, 15) is 13.2 Å². The van der Waals surface area contributed by atoms with Crippen molar-refractivity contribution in [1.82, 2.24) is 9.29 Å². The van der Waals surface area contributed by atoms with E-state index in [1.165, 1.54) is 10.5 Å². The topological polar surface area (TPSA) is 86.6 Å². The third-order valence-electron chi connectivity index (χ3n) is 4.99. The largest absolute Gasteiger partial charge is 0.449 e. The van der Waals surface area contributed by atoms with Gasteiger partial charge >= 0.3 is 0 Å². The maximum Gasteiger partial charge on any atom is 0.255 e. The number of anilines is 1. The number of furan rings is 1. The summed E-state index contributed by atoms with van der Waals surface area (Å²) in [5.41, 5.74) is -0.317. The number of hydrogen-bond acceptors (Lipinski definition) is 5. The maximum atomic E-state index is 13.3. The van der Waals surface area contributed by atoms with Gasteiger partial charge in [-0.25, -0.2) is 8.42 Å². The molecule has 1 aliphatic heterocycles. The summed E-state index contributed by atoms with van der Waals surface area (Å²) in [6.45, 7) is 0.770. The van der Waals surface area contributed by atoms with Crippen LogP contribution in [-0.2, 0) is 10.0 Å². The predicted molar refractivity (Wildman–Crippen MR) is 107 cm³/mol. The molecule has 1 N–H and O–H groups in total. The number of aromatic nitrogens is 1. The third-order valence-corrected chi connectivity index (χ3v) is 7.52. The first-order valence-corrected chi connectivity index (χ1v) is 10.7. The highest BCUT2D eigenvalue weighted by Gasteiger charge is 2.36. The van der Waals surface area contributed by atoms with Crippen LogP contribution in [0.1, 0.15) is 6.42 Å². The van der Waals surface area contributed by atoms with Gasteiger partial charge in [-0.05, 0) is 40.5 Å². The summed E-state index contributed by atoms with van der Waals surface area (Å²) in [7, 11) is -1.85. The molecule has 0 bridgehead atoms. The van der Waals surface area contributed by atoms with Crippen LogP contribution in [0.4, 0.5) is 5.88 Å². The van der Waals surface area contributed by atoms with E-state index in [1.807, 2.05) is 18.0 Å². The monoisotopic (exact) mass is 451 g/mol. The molecule has 0 aliphatic carbocycles. The van der Waals surface area contributed by atoms with E-state index in [1.54, 1.807) is 30.5 Å². The Kier molecular flexibility index (Phi) is 4.61. The van der Waals surface area contributed by atoms with Gasteiger partial charge in [0.1, 0.15) is 0 Å². The second kappa shape index (κ2) is 6.81. The highest BCUT2D eigenvalue weighted by molar-refractivity contribution is 9.10. The molecule has 7 nitrogen and oxygen atoms in total. The number of nitrogens with one attached hydrogen (secondary N) is 1. The first-order chi connectivity index (χ1) is 12.9. The average molecular weight is 452 g/mol. The molecule has 1 atom stereocenters. The third kappa shape index (κ3) is 3.09. The summed E-state index contributed by atoms with van der Waals surface area (Å²) in [6.07, 6.45) is 3.77. The smallest absolute Gasteiger partial charge is 0.255 e. The molecular weight excluding hydrogens is 434 g/mol. The van der Waals surface area contributed by atoms with Crippen LogP contribution in [0.25, 0.3) is 10.8 Å². The number of fused-ring (bicyclic) bond motifs is 1. The maximum absolute atomic E-state index is 13.3. The van der Waals surface area contributed by atoms with Gasteiger partial charge in [0.2, 0.25) is 10.0 Å². The standard InChI is InChI=1S/C18H18BrN3O4S/c1-21(16-6-3-9-26-16)12-7-8-22(11-12)27(24,25)15-5-2-4-13-17(15)14(19)10-20-18(13)23/h2-6,9-10,12H,7-8,11H2,1H3,(H,20,23)/t12-/m1/s1. The Balaban J connectivity index is 1.70. The van der Waals surface area contributed by atoms with E-state index in [2.05, 4.69) is 20.9 Å². The zero-order valence-corrected chi connectivity index (χ0v) is 17.0. The fourth-order valence-corrected chi connectivity index (χ4v) is 5.89. The van der Waals surface area contributed by atoms with E-state index >= 15 is 0 Å². The summed E-state index contributed by atoms with van der Waals surface area (Å²) in [4.78, 5) is 16.8. The molecule has 3 aromatic rings. The van der Waals surface area contributed by atoms with Gasteiger partial charge in [-0.3, -0.25) is 4.79 Å². The van der Waals surface area contributed by atoms with Gasteiger partial charge < -0.3 is 14.3 Å². The Labute approximate surface area is 164 Å². The van der Waals surface area contributed by atoms with Gasteiger partial charge in [-0.2, -0.15) is 4.31 Å². The lowest BCUT2D eigenvalue weighted by Gasteiger charge is -2.24. The second-order valence-corrected chi connectivity index (χ2v) is 9.27. The van der Waals surface area contributed by atoms with E-state index in [-0.39, 0.29) is 16.5 Å². The van der Waals surface area contributed by atoms with Crippen LogP contribution < -0.4 is 10.5 Å². The van der Waals surface area contributed by atoms with Crippen molar-refractivity contribution in [3.63, 3.8) is 0 Å². The van der Waals surface area contributed by atoms with Crippen LogP contribution in [0.5, 0.6) is 0 Å². The van der Waals surface area contributed by atoms with Crippen LogP contribution in [0.2, 0.25) is 0 Å². The second-order valence-electron chi connectivity index (χ2n) is 6.51. The fourth-order valence-electron chi connectivity index (χ4n) is 3.50. The molecule has 1 aromatic carbocycles. The quantitative estimate of drug-likeness (QED) is 0.658. The lowest BCUT2D eigenvalue weighted by atomic mass is 10.2. The van der Waals surface area contributed by atoms with Gasteiger partial charge in [0.05, 0.1) is 11.2 Å². The normalized spacial score (nSPS) is 18.2. The number of benzene rings is 1. The molecule has 4 rings (SSSR count). The minimum absolute atomic E-state index is 0.0211. The van der Waals surface area contributed by atoms with Gasteiger partial charge in [0, 0.05) is 53.7 Å². The molecule has 0 saturated carbocycles. The van der Waals surface area contributed by atoms with Crippen molar-refractivity contribution >= 4 is 42.6 Å². The SMILES string of the molecule is CN(c1ccco1)[C@@H]1CCN(S(=O)(=O)c2cccc3c(=O)[nH]cc(Br)c23)C1. The van der Waals surface area contributed by atoms with Crippen molar-refractivity contribution in [1.29, 1.82) is 0 Å². The van der Waals surface area contributed by atoms with E-state index in [0.29, 0.717) is 40.6 Å². The molecule has 0 radical (unpaired) electrons. The number of pyridine rings is 1. The molecule has 3 heterocycles. The number of aromatic amines is 1. The molecule has 9 heteroatoms. The molecule has 2 aromatic heterocycles. The van der Waals surface area contributed by atoms with Crippen LogP contribution >= 0.6 is 15.9 Å². The predicted octanol–water partition coefficient (Wildman–Crippen LogP) is 2.78. The lowest BCUT2D eigenvalue weighted by Crippen LogP contribution is -2.36. The molecule has 1 fully saturated rings. The Hall–Kier alpha value is -2.10. The Morgan fingerprint density at radius 3 is 2.85 bits per heavy atom. The van der Waals surface area contributed by atoms with Crippen LogP contribution in [0, 0.1) is 0 Å². The Morgan fingerprint density at radius 1 is 1.30 bits per heavy atom. The summed E-state index contributed by atoms with van der Waals surface area (Å²) < 4.78 is 34.1. The molecule has 0 spiro atoms. The van der Waals surface area contributed by atoms with Crippen molar-refractivity contribution in [2.75, 3.05) is 25.0 Å². The van der Waals surface area contributed by atoms with Crippen LogP contribution in [0.15, 0.2) is 61.4 Å². The van der Waals surface area contributed by atoms with Gasteiger partial charge in [0.15, 0.2) is 5.88 Å². The first-order valence-electron chi connectivity index (χ1n) is 8.46. The molecule has 142 valence electrons. The van der Waals surface area contributed by atoms with Gasteiger partial charge in [0.25, 0.3) is 5.56 Å². The molecular formula is C18H18BrN3O4S. The fraction of sp³-hybridized carbons (Fsp3) is 0.278. The van der Waals surface area contributed by atoms with Crippen LogP contribution in [-0.4, -0.2) is 43.9 Å². The number of sulfonamides is 1. The first kappa shape index (κ1) is 18.3. The number of hydrogen-bond donors (Lipinski definition) is 1. The van der Waals surface area contributed by atoms with Crippen molar-refractivity contribution in [3.8, 4) is 0 Å². The summed E-state index contributed by atoms with van der Waals surface area (Å²) in [6, 6.07) is 8.44. The van der Waals surface area contributed by atoms with Gasteiger partial charge in [-0.15, -0.1) is 0 Å². The zero-order valence-electron chi connectivity index (χ0n) is 14.6. The molecule has 27 heavy (non-hydrogen) atoms. The molecule has 1 saturated heterocycles. The minimum Gasteiger partial charge on any atom is -0.449 e. The Bertz CT molecular complexity index is 1140. The molecule has 1 aliphatic rings. The number of nitrogens with zero attached hydrogens (tertiary/aromatic N) is 2. The van der Waals surface area contributed by atoms with Crippen LogP contribution in [0.3, 0.4) is 0 Å². The summed E-state index contributed by atoms with van der Waals surface area (Å²) in [5.74, 6) is 0.707. The van der Waals surface area contributed by atoms with Crippen molar-refractivity contribution in [3.05, 3.63) is 57.6 Å². The average Bonchev–Trinajstić information content (AvgIpc) is 3.36. The Morgan fingerprint density at radius 2 is 2.11 bits per heavy atom. The number of rotatable bonds is 4. The zero-order chi connectivity index (χ0) is 19.2. The molecule has 0 unspecified atom stereocenters. The number of likely N-dealkylation sites (N-methyl/N-ethyl adjacent to an activating group) is 1. The van der Waals surface area contributed by atoms with Crippen molar-refractivity contribution in [2.24, 2.45) is 0 Å². The van der Waals surface area contributed by atoms with Crippen molar-refractivity contribution in [2.45, 2.75) is 17.4 Å². The summed E-state index contributed by atoms with van der Waals surface area (Å²) in [5, 5.41) is 0.748. The highest BCUT2D eigenvalue weighted by atomic mass is 79.9. The van der Waals surface area contributed by atoms with E-state index in [0.717, 1.165) is 0 Å². The highest BCUT2D eigenvalue weighted by Crippen LogP contribution is 2.32. The summed E-state index contributed by atoms with van der Waals surface area (Å²) >= 11 is 3.37. The number of H-pyrrole nitrogens is 1. The minimum atomic E-state index is -3.75.